The van der Waals surface area contributed by atoms with Crippen LogP contribution in [0.3, 0.4) is 0 Å². The summed E-state index contributed by atoms with van der Waals surface area (Å²) in [5.41, 5.74) is 4.65. The van der Waals surface area contributed by atoms with E-state index in [1.165, 1.54) is 0 Å². The number of carbonyl (C=O) groups is 1. The fraction of sp³-hybridized carbons (Fsp3) is 0.500. The molecule has 1 aromatic rings. The summed E-state index contributed by atoms with van der Waals surface area (Å²) in [4.78, 5) is 11.9. The van der Waals surface area contributed by atoms with E-state index in [4.69, 9.17) is 5.73 Å². The maximum Gasteiger partial charge on any atom is 0.254 e. The average molecular weight is 268 g/mol. The zero-order chi connectivity index (χ0) is 14.0. The van der Waals surface area contributed by atoms with Crippen molar-refractivity contribution in [1.29, 1.82) is 0 Å². The standard InChI is InChI=1S/C14H18F2N2O/c1-8-2-4-10(5-3-8)18-14(19)11-6-9(15)7-12(17)13(11)16/h6-8,10H,2-5,17H2,1H3,(H,18,19). The molecule has 5 heteroatoms. The highest BCUT2D eigenvalue weighted by Gasteiger charge is 2.22. The first kappa shape index (κ1) is 13.8. The van der Waals surface area contributed by atoms with Gasteiger partial charge in [-0.3, -0.25) is 4.79 Å². The van der Waals surface area contributed by atoms with Gasteiger partial charge in [0, 0.05) is 6.04 Å². The third-order valence-electron chi connectivity index (χ3n) is 3.66. The lowest BCUT2D eigenvalue weighted by atomic mass is 9.87. The largest absolute Gasteiger partial charge is 0.396 e. The number of nitrogens with one attached hydrogen (secondary N) is 1. The second-order valence-electron chi connectivity index (χ2n) is 5.29. The lowest BCUT2D eigenvalue weighted by Crippen LogP contribution is -2.37. The Morgan fingerprint density at radius 3 is 2.53 bits per heavy atom. The van der Waals surface area contributed by atoms with E-state index < -0.39 is 17.5 Å². The molecule has 1 saturated carbocycles. The number of nitrogens with two attached hydrogens (primary N) is 1. The van der Waals surface area contributed by atoms with E-state index in [-0.39, 0.29) is 17.3 Å². The van der Waals surface area contributed by atoms with Gasteiger partial charge in [0.1, 0.15) is 5.82 Å². The molecule has 3 N–H and O–H groups in total. The molecular formula is C14H18F2N2O. The first-order chi connectivity index (χ1) is 8.97. The highest BCUT2D eigenvalue weighted by atomic mass is 19.1. The third-order valence-corrected chi connectivity index (χ3v) is 3.66. The van der Waals surface area contributed by atoms with Crippen molar-refractivity contribution in [3.05, 3.63) is 29.3 Å². The molecule has 1 amide bonds. The molecule has 1 aliphatic carbocycles. The Kier molecular flexibility index (Phi) is 4.02. The molecule has 0 aromatic heterocycles. The zero-order valence-corrected chi connectivity index (χ0v) is 10.9. The number of hydrogen-bond donors (Lipinski definition) is 2. The normalized spacial score (nSPS) is 23.1. The summed E-state index contributed by atoms with van der Waals surface area (Å²) in [5, 5.41) is 2.75. The molecule has 19 heavy (non-hydrogen) atoms. The summed E-state index contributed by atoms with van der Waals surface area (Å²) in [6.45, 7) is 2.17. The molecule has 0 unspecified atom stereocenters. The highest BCUT2D eigenvalue weighted by Crippen LogP contribution is 2.24. The predicted molar refractivity (Wildman–Crippen MR) is 69.7 cm³/mol. The molecule has 0 radical (unpaired) electrons. The second-order valence-corrected chi connectivity index (χ2v) is 5.29. The van der Waals surface area contributed by atoms with Gasteiger partial charge in [-0.2, -0.15) is 0 Å². The SMILES string of the molecule is CC1CCC(NC(=O)c2cc(F)cc(N)c2F)CC1. The van der Waals surface area contributed by atoms with Gasteiger partial charge in [-0.15, -0.1) is 0 Å². The maximum absolute atomic E-state index is 13.7. The zero-order valence-electron chi connectivity index (χ0n) is 10.9. The number of anilines is 1. The van der Waals surface area contributed by atoms with Crippen LogP contribution in [-0.2, 0) is 0 Å². The van der Waals surface area contributed by atoms with Crippen molar-refractivity contribution in [1.82, 2.24) is 5.32 Å². The molecule has 0 saturated heterocycles. The topological polar surface area (TPSA) is 55.1 Å². The maximum atomic E-state index is 13.7. The van der Waals surface area contributed by atoms with E-state index in [2.05, 4.69) is 12.2 Å². The van der Waals surface area contributed by atoms with Gasteiger partial charge in [-0.1, -0.05) is 6.92 Å². The van der Waals surface area contributed by atoms with Crippen LogP contribution in [0.5, 0.6) is 0 Å². The molecule has 1 aromatic carbocycles. The smallest absolute Gasteiger partial charge is 0.254 e. The van der Waals surface area contributed by atoms with Crippen LogP contribution in [0.15, 0.2) is 12.1 Å². The number of halogens is 2. The minimum atomic E-state index is -0.858. The summed E-state index contributed by atoms with van der Waals surface area (Å²) in [5.74, 6) is -1.50. The van der Waals surface area contributed by atoms with Crippen molar-refractivity contribution in [3.8, 4) is 0 Å². The average Bonchev–Trinajstić information content (AvgIpc) is 2.36. The summed E-state index contributed by atoms with van der Waals surface area (Å²) in [6.07, 6.45) is 3.83. The van der Waals surface area contributed by atoms with Crippen LogP contribution in [0.1, 0.15) is 43.0 Å². The molecule has 0 aliphatic heterocycles. The van der Waals surface area contributed by atoms with E-state index in [0.717, 1.165) is 37.8 Å². The van der Waals surface area contributed by atoms with Crippen molar-refractivity contribution in [2.75, 3.05) is 5.73 Å². The summed E-state index contributed by atoms with van der Waals surface area (Å²) in [7, 11) is 0. The van der Waals surface area contributed by atoms with Crippen LogP contribution >= 0.6 is 0 Å². The van der Waals surface area contributed by atoms with E-state index >= 15 is 0 Å². The predicted octanol–water partition coefficient (Wildman–Crippen LogP) is 2.86. The molecule has 3 nitrogen and oxygen atoms in total. The Balaban J connectivity index is 2.08. The van der Waals surface area contributed by atoms with Gasteiger partial charge in [0.15, 0.2) is 5.82 Å². The minimum absolute atomic E-state index is 0.0348. The van der Waals surface area contributed by atoms with Crippen LogP contribution < -0.4 is 11.1 Å². The monoisotopic (exact) mass is 268 g/mol. The quantitative estimate of drug-likeness (QED) is 0.810. The Labute approximate surface area is 111 Å². The van der Waals surface area contributed by atoms with Crippen molar-refractivity contribution >= 4 is 11.6 Å². The first-order valence-corrected chi connectivity index (χ1v) is 6.52. The van der Waals surface area contributed by atoms with Crippen molar-refractivity contribution in [2.45, 2.75) is 38.6 Å². The molecule has 104 valence electrons. The second kappa shape index (κ2) is 5.55. The van der Waals surface area contributed by atoms with Crippen LogP contribution in [0.2, 0.25) is 0 Å². The van der Waals surface area contributed by atoms with Gasteiger partial charge >= 0.3 is 0 Å². The number of hydrogen-bond acceptors (Lipinski definition) is 2. The van der Waals surface area contributed by atoms with Crippen LogP contribution in [0, 0.1) is 17.6 Å². The van der Waals surface area contributed by atoms with Crippen LogP contribution in [0.4, 0.5) is 14.5 Å². The minimum Gasteiger partial charge on any atom is -0.396 e. The fourth-order valence-corrected chi connectivity index (χ4v) is 2.44. The van der Waals surface area contributed by atoms with E-state index in [1.54, 1.807) is 0 Å². The number of rotatable bonds is 2. The Morgan fingerprint density at radius 2 is 1.89 bits per heavy atom. The Morgan fingerprint density at radius 1 is 1.26 bits per heavy atom. The van der Waals surface area contributed by atoms with Gasteiger partial charge in [0.2, 0.25) is 0 Å². The van der Waals surface area contributed by atoms with E-state index in [0.29, 0.717) is 5.92 Å². The van der Waals surface area contributed by atoms with Crippen molar-refractivity contribution < 1.29 is 13.6 Å². The molecule has 1 aliphatic rings. The van der Waals surface area contributed by atoms with E-state index in [9.17, 15) is 13.6 Å². The first-order valence-electron chi connectivity index (χ1n) is 6.52. The summed E-state index contributed by atoms with van der Waals surface area (Å²) < 4.78 is 26.9. The number of carbonyl (C=O) groups excluding carboxylic acids is 1. The number of benzene rings is 1. The molecule has 1 fully saturated rings. The molecule has 0 atom stereocenters. The van der Waals surface area contributed by atoms with Gasteiger partial charge in [-0.05, 0) is 43.7 Å². The highest BCUT2D eigenvalue weighted by molar-refractivity contribution is 5.95. The van der Waals surface area contributed by atoms with Crippen LogP contribution in [0.25, 0.3) is 0 Å². The van der Waals surface area contributed by atoms with Crippen molar-refractivity contribution in [2.24, 2.45) is 5.92 Å². The lowest BCUT2D eigenvalue weighted by Gasteiger charge is -2.27. The summed E-state index contributed by atoms with van der Waals surface area (Å²) >= 11 is 0. The van der Waals surface area contributed by atoms with Gasteiger partial charge in [0.25, 0.3) is 5.91 Å². The van der Waals surface area contributed by atoms with Crippen LogP contribution in [-0.4, -0.2) is 11.9 Å². The fourth-order valence-electron chi connectivity index (χ4n) is 2.44. The molecule has 2 rings (SSSR count). The Bertz CT molecular complexity index is 483. The molecular weight excluding hydrogens is 250 g/mol. The van der Waals surface area contributed by atoms with E-state index in [1.807, 2.05) is 0 Å². The summed E-state index contributed by atoms with van der Waals surface area (Å²) in [6, 6.07) is 1.79. The Hall–Kier alpha value is -1.65. The van der Waals surface area contributed by atoms with Crippen molar-refractivity contribution in [3.63, 3.8) is 0 Å². The molecule has 0 bridgehead atoms. The number of amides is 1. The lowest BCUT2D eigenvalue weighted by molar-refractivity contribution is 0.0918. The molecule has 0 spiro atoms. The van der Waals surface area contributed by atoms with Gasteiger partial charge in [-0.25, -0.2) is 8.78 Å². The number of nitrogen functional groups attached to an aromatic ring is 1. The third kappa shape index (κ3) is 3.22. The molecule has 0 heterocycles. The van der Waals surface area contributed by atoms with Gasteiger partial charge < -0.3 is 11.1 Å². The van der Waals surface area contributed by atoms with Gasteiger partial charge in [0.05, 0.1) is 11.3 Å².